The number of hydrogen-bond donors (Lipinski definition) is 0. The Kier molecular flexibility index (Phi) is 2.37. The third-order valence-electron chi connectivity index (χ3n) is 0.885. The van der Waals surface area contributed by atoms with E-state index in [1.165, 1.54) is 0 Å². The lowest BCUT2D eigenvalue weighted by Gasteiger charge is -1.90. The van der Waals surface area contributed by atoms with Gasteiger partial charge in [-0.2, -0.15) is 3.89 Å². The molecule has 1 rings (SSSR count). The topological polar surface area (TPSA) is 0 Å². The third kappa shape index (κ3) is 1.88. The summed E-state index contributed by atoms with van der Waals surface area (Å²) in [5, 5.41) is 0.567. The second kappa shape index (κ2) is 3.08. The van der Waals surface area contributed by atoms with Crippen LogP contribution in [0.5, 0.6) is 0 Å². The monoisotopic (exact) mass is 162 g/mol. The normalized spacial score (nSPS) is 9.56. The molecule has 1 aromatic rings. The van der Waals surface area contributed by atoms with Gasteiger partial charge in [0.1, 0.15) is 0 Å². The summed E-state index contributed by atoms with van der Waals surface area (Å²) in [5.41, 5.74) is 0. The first kappa shape index (κ1) is 6.90. The van der Waals surface area contributed by atoms with Crippen LogP contribution in [0.15, 0.2) is 29.2 Å². The van der Waals surface area contributed by atoms with Crippen molar-refractivity contribution in [2.24, 2.45) is 0 Å². The van der Waals surface area contributed by atoms with Gasteiger partial charge in [-0.15, -0.1) is 0 Å². The van der Waals surface area contributed by atoms with Crippen molar-refractivity contribution in [1.29, 1.82) is 0 Å². The molecule has 0 aromatic heterocycles. The smallest absolute Gasteiger partial charge is 0.0812 e. The van der Waals surface area contributed by atoms with Crippen LogP contribution in [0.4, 0.5) is 3.89 Å². The zero-order valence-electron chi connectivity index (χ0n) is 4.47. The molecule has 0 bridgehead atoms. The predicted octanol–water partition coefficient (Wildman–Crippen LogP) is 3.32. The molecule has 0 spiro atoms. The van der Waals surface area contributed by atoms with Crippen molar-refractivity contribution in [3.05, 3.63) is 29.3 Å². The van der Waals surface area contributed by atoms with E-state index in [1.807, 2.05) is 0 Å². The number of benzene rings is 1. The van der Waals surface area contributed by atoms with Crippen molar-refractivity contribution in [2.75, 3.05) is 0 Å². The fraction of sp³-hybridized carbons (Fsp3) is 0. The maximum Gasteiger partial charge on any atom is 0.0812 e. The molecular formula is C6H4ClFS. The van der Waals surface area contributed by atoms with Gasteiger partial charge in [0.05, 0.1) is 12.1 Å². The molecule has 48 valence electrons. The van der Waals surface area contributed by atoms with E-state index in [0.29, 0.717) is 9.92 Å². The van der Waals surface area contributed by atoms with Crippen LogP contribution in [0, 0.1) is 0 Å². The van der Waals surface area contributed by atoms with Crippen LogP contribution in [0.25, 0.3) is 0 Å². The molecule has 0 radical (unpaired) electrons. The van der Waals surface area contributed by atoms with Gasteiger partial charge in [0.25, 0.3) is 0 Å². The van der Waals surface area contributed by atoms with Gasteiger partial charge in [-0.1, -0.05) is 17.7 Å². The average Bonchev–Trinajstić information content (AvgIpc) is 1.88. The van der Waals surface area contributed by atoms with Crippen LogP contribution in [0.2, 0.25) is 5.02 Å². The molecule has 0 heterocycles. The minimum absolute atomic E-state index is 0.199. The van der Waals surface area contributed by atoms with Crippen LogP contribution in [-0.2, 0) is 0 Å². The molecule has 0 unspecified atom stereocenters. The first-order chi connectivity index (χ1) is 4.33. The predicted molar refractivity (Wildman–Crippen MR) is 38.4 cm³/mol. The van der Waals surface area contributed by atoms with E-state index in [0.717, 1.165) is 0 Å². The first-order valence-corrected chi connectivity index (χ1v) is 3.46. The summed E-state index contributed by atoms with van der Waals surface area (Å²) >= 11 is 5.74. The highest BCUT2D eigenvalue weighted by Gasteiger charge is 1.91. The van der Waals surface area contributed by atoms with Gasteiger partial charge in [-0.05, 0) is 18.2 Å². The highest BCUT2D eigenvalue weighted by molar-refractivity contribution is 7.94. The lowest BCUT2D eigenvalue weighted by molar-refractivity contribution is 0.934. The van der Waals surface area contributed by atoms with E-state index in [4.69, 9.17) is 11.6 Å². The molecule has 0 atom stereocenters. The molecule has 0 saturated carbocycles. The Labute approximate surface area is 62.3 Å². The van der Waals surface area contributed by atoms with Crippen molar-refractivity contribution in [3.8, 4) is 0 Å². The Morgan fingerprint density at radius 2 is 2.22 bits per heavy atom. The third-order valence-corrected chi connectivity index (χ3v) is 1.55. The Bertz CT molecular complexity index is 202. The van der Waals surface area contributed by atoms with Crippen molar-refractivity contribution in [1.82, 2.24) is 0 Å². The molecular weight excluding hydrogens is 159 g/mol. The van der Waals surface area contributed by atoms with Crippen LogP contribution in [0.1, 0.15) is 0 Å². The summed E-state index contributed by atoms with van der Waals surface area (Å²) in [6.45, 7) is 0. The second-order valence-corrected chi connectivity index (χ2v) is 2.60. The van der Waals surface area contributed by atoms with Crippen molar-refractivity contribution >= 4 is 23.7 Å². The summed E-state index contributed by atoms with van der Waals surface area (Å²) < 4.78 is 11.8. The molecule has 0 N–H and O–H groups in total. The minimum atomic E-state index is 0.199. The fourth-order valence-electron chi connectivity index (χ4n) is 0.515. The SMILES string of the molecule is FSc1cccc(Cl)c1. The van der Waals surface area contributed by atoms with E-state index in [9.17, 15) is 3.89 Å². The molecule has 0 aliphatic rings. The molecule has 3 heteroatoms. The van der Waals surface area contributed by atoms with Gasteiger partial charge in [0.2, 0.25) is 0 Å². The average molecular weight is 163 g/mol. The molecule has 0 amide bonds. The second-order valence-electron chi connectivity index (χ2n) is 1.53. The van der Waals surface area contributed by atoms with Gasteiger partial charge in [0.15, 0.2) is 0 Å². The van der Waals surface area contributed by atoms with Crippen molar-refractivity contribution < 1.29 is 3.89 Å². The lowest BCUT2D eigenvalue weighted by atomic mass is 10.4. The van der Waals surface area contributed by atoms with Crippen molar-refractivity contribution in [3.63, 3.8) is 0 Å². The van der Waals surface area contributed by atoms with Gasteiger partial charge in [-0.3, -0.25) is 0 Å². The zero-order chi connectivity index (χ0) is 6.69. The maximum absolute atomic E-state index is 11.8. The summed E-state index contributed by atoms with van der Waals surface area (Å²) in [4.78, 5) is 0.544. The van der Waals surface area contributed by atoms with Gasteiger partial charge in [-0.25, -0.2) is 0 Å². The van der Waals surface area contributed by atoms with E-state index >= 15 is 0 Å². The summed E-state index contributed by atoms with van der Waals surface area (Å²) in [5.74, 6) is 0. The largest absolute Gasteiger partial charge is 0.160 e. The maximum atomic E-state index is 11.8. The number of halogens is 2. The van der Waals surface area contributed by atoms with Crippen LogP contribution >= 0.6 is 23.7 Å². The van der Waals surface area contributed by atoms with Gasteiger partial charge < -0.3 is 0 Å². The highest BCUT2D eigenvalue weighted by atomic mass is 35.5. The number of hydrogen-bond acceptors (Lipinski definition) is 1. The summed E-state index contributed by atoms with van der Waals surface area (Å²) in [7, 11) is 0. The van der Waals surface area contributed by atoms with Crippen LogP contribution in [-0.4, -0.2) is 0 Å². The molecule has 0 saturated heterocycles. The molecule has 0 aliphatic carbocycles. The Morgan fingerprint density at radius 3 is 2.67 bits per heavy atom. The van der Waals surface area contributed by atoms with Gasteiger partial charge >= 0.3 is 0 Å². The fourth-order valence-corrected chi connectivity index (χ4v) is 1.07. The first-order valence-electron chi connectivity index (χ1n) is 2.37. The Balaban J connectivity index is 2.94. The Hall–Kier alpha value is -0.210. The van der Waals surface area contributed by atoms with E-state index in [-0.39, 0.29) is 12.1 Å². The van der Waals surface area contributed by atoms with Gasteiger partial charge in [0, 0.05) is 9.92 Å². The Morgan fingerprint density at radius 1 is 1.44 bits per heavy atom. The molecule has 0 fully saturated rings. The lowest BCUT2D eigenvalue weighted by Crippen LogP contribution is -1.64. The standard InChI is InChI=1S/C6H4ClFS/c7-5-2-1-3-6(4-5)9-8/h1-4H. The summed E-state index contributed by atoms with van der Waals surface area (Å²) in [6.07, 6.45) is 0. The molecule has 0 aliphatic heterocycles. The zero-order valence-corrected chi connectivity index (χ0v) is 6.05. The van der Waals surface area contributed by atoms with E-state index < -0.39 is 0 Å². The van der Waals surface area contributed by atoms with E-state index in [2.05, 4.69) is 0 Å². The number of rotatable bonds is 1. The summed E-state index contributed by atoms with van der Waals surface area (Å²) in [6, 6.07) is 6.66. The highest BCUT2D eigenvalue weighted by Crippen LogP contribution is 2.21. The van der Waals surface area contributed by atoms with Crippen LogP contribution in [0.3, 0.4) is 0 Å². The van der Waals surface area contributed by atoms with Crippen LogP contribution < -0.4 is 0 Å². The quantitative estimate of drug-likeness (QED) is 0.611. The molecule has 1 aromatic carbocycles. The molecule has 9 heavy (non-hydrogen) atoms. The van der Waals surface area contributed by atoms with E-state index in [1.54, 1.807) is 24.3 Å². The van der Waals surface area contributed by atoms with Crippen molar-refractivity contribution in [2.45, 2.75) is 4.90 Å². The minimum Gasteiger partial charge on any atom is -0.160 e. The molecule has 0 nitrogen and oxygen atoms in total.